The summed E-state index contributed by atoms with van der Waals surface area (Å²) in [6.45, 7) is 0.0555. The third-order valence-corrected chi connectivity index (χ3v) is 5.60. The summed E-state index contributed by atoms with van der Waals surface area (Å²) in [7, 11) is 0. The van der Waals surface area contributed by atoms with E-state index in [0.717, 1.165) is 11.1 Å². The summed E-state index contributed by atoms with van der Waals surface area (Å²) in [5.74, 6) is -0.369. The van der Waals surface area contributed by atoms with Crippen LogP contribution in [0.15, 0.2) is 84.9 Å². The molecule has 35 heavy (non-hydrogen) atoms. The maximum Gasteiger partial charge on any atom is 0.408 e. The Kier molecular flexibility index (Phi) is 7.84. The number of nitrogens with one attached hydrogen (secondary N) is 3. The van der Waals surface area contributed by atoms with Crippen LogP contribution >= 0.6 is 11.6 Å². The first-order valence-corrected chi connectivity index (χ1v) is 11.4. The van der Waals surface area contributed by atoms with Crippen molar-refractivity contribution in [1.29, 1.82) is 0 Å². The number of rotatable bonds is 9. The lowest BCUT2D eigenvalue weighted by Crippen LogP contribution is -2.72. The van der Waals surface area contributed by atoms with Gasteiger partial charge in [-0.2, -0.15) is 0 Å². The molecule has 8 nitrogen and oxygen atoms in total. The van der Waals surface area contributed by atoms with E-state index < -0.39 is 30.3 Å². The zero-order chi connectivity index (χ0) is 24.6. The molecule has 0 unspecified atom stereocenters. The number of para-hydroxylation sites is 1. The molecule has 3 N–H and O–H groups in total. The lowest BCUT2D eigenvalue weighted by atomic mass is 10.0. The first-order chi connectivity index (χ1) is 17.0. The van der Waals surface area contributed by atoms with E-state index in [0.29, 0.717) is 10.8 Å². The van der Waals surface area contributed by atoms with Crippen LogP contribution in [0.25, 0.3) is 0 Å². The third kappa shape index (κ3) is 6.74. The van der Waals surface area contributed by atoms with Gasteiger partial charge in [0.05, 0.1) is 0 Å². The summed E-state index contributed by atoms with van der Waals surface area (Å²) in [5, 5.41) is 8.45. The largest absolute Gasteiger partial charge is 0.468 e. The Bertz CT molecular complexity index is 1160. The van der Waals surface area contributed by atoms with Crippen molar-refractivity contribution < 1.29 is 23.9 Å². The Balaban J connectivity index is 1.41. The molecule has 3 amide bonds. The molecule has 180 valence electrons. The van der Waals surface area contributed by atoms with E-state index in [1.165, 1.54) is 0 Å². The van der Waals surface area contributed by atoms with E-state index in [1.807, 2.05) is 36.4 Å². The van der Waals surface area contributed by atoms with Crippen molar-refractivity contribution >= 4 is 29.5 Å². The molecule has 0 aromatic heterocycles. The van der Waals surface area contributed by atoms with Gasteiger partial charge in [-0.25, -0.2) is 4.79 Å². The molecule has 3 aromatic rings. The van der Waals surface area contributed by atoms with Crippen molar-refractivity contribution in [3.8, 4) is 5.75 Å². The van der Waals surface area contributed by atoms with Crippen LogP contribution in [0.3, 0.4) is 0 Å². The second-order valence-electron chi connectivity index (χ2n) is 7.94. The highest BCUT2D eigenvalue weighted by Crippen LogP contribution is 2.17. The van der Waals surface area contributed by atoms with Crippen LogP contribution in [0.2, 0.25) is 5.02 Å². The van der Waals surface area contributed by atoms with Crippen molar-refractivity contribution in [3.05, 3.63) is 101 Å². The fraction of sp³-hybridized carbons (Fsp3) is 0.192. The average molecular weight is 494 g/mol. The fourth-order valence-corrected chi connectivity index (χ4v) is 3.59. The molecule has 0 aliphatic carbocycles. The SMILES string of the molecule is O=C(N[C@@H](Cc1ccc(Cl)cc1)C(=O)N[C@@H]1C(=O)N[C@H]1Oc1ccccc1)OCc1ccccc1. The monoisotopic (exact) mass is 493 g/mol. The molecule has 9 heteroatoms. The second-order valence-corrected chi connectivity index (χ2v) is 8.37. The lowest BCUT2D eigenvalue weighted by molar-refractivity contribution is -0.143. The van der Waals surface area contributed by atoms with Crippen LogP contribution in [-0.2, 0) is 27.4 Å². The normalized spacial score (nSPS) is 17.3. The molecule has 0 radical (unpaired) electrons. The Morgan fingerprint density at radius 2 is 1.57 bits per heavy atom. The van der Waals surface area contributed by atoms with Crippen molar-refractivity contribution in [2.75, 3.05) is 0 Å². The third-order valence-electron chi connectivity index (χ3n) is 5.35. The van der Waals surface area contributed by atoms with Gasteiger partial charge in [-0.05, 0) is 35.4 Å². The highest BCUT2D eigenvalue weighted by atomic mass is 35.5. The zero-order valence-electron chi connectivity index (χ0n) is 18.6. The van der Waals surface area contributed by atoms with Gasteiger partial charge < -0.3 is 25.4 Å². The highest BCUT2D eigenvalue weighted by Gasteiger charge is 2.43. The molecule has 0 spiro atoms. The number of carbonyl (C=O) groups excluding carboxylic acids is 3. The van der Waals surface area contributed by atoms with Gasteiger partial charge in [0.25, 0.3) is 5.91 Å². The number of carbonyl (C=O) groups is 3. The summed E-state index contributed by atoms with van der Waals surface area (Å²) in [4.78, 5) is 37.7. The van der Waals surface area contributed by atoms with Crippen LogP contribution in [0.1, 0.15) is 11.1 Å². The number of halogens is 1. The standard InChI is InChI=1S/C26H24ClN3O5/c27-19-13-11-17(12-14-19)15-21(28-26(33)34-16-18-7-3-1-4-8-18)23(31)29-22-24(32)30-25(22)35-20-9-5-2-6-10-20/h1-14,21-22,25H,15-16H2,(H,28,33)(H,29,31)(H,30,32)/t21-,22+,25-/m0/s1. The van der Waals surface area contributed by atoms with E-state index in [2.05, 4.69) is 16.0 Å². The molecular weight excluding hydrogens is 470 g/mol. The van der Waals surface area contributed by atoms with Gasteiger partial charge in [0.2, 0.25) is 12.1 Å². The molecule has 1 fully saturated rings. The van der Waals surface area contributed by atoms with Crippen LogP contribution in [0.5, 0.6) is 5.75 Å². The predicted octanol–water partition coefficient (Wildman–Crippen LogP) is 3.20. The summed E-state index contributed by atoms with van der Waals surface area (Å²) in [6, 6.07) is 23.1. The maximum absolute atomic E-state index is 13.1. The number of alkyl carbamates (subject to hydrolysis) is 1. The molecule has 1 saturated heterocycles. The molecule has 1 heterocycles. The molecule has 0 saturated carbocycles. The molecule has 3 aromatic carbocycles. The maximum atomic E-state index is 13.1. The average Bonchev–Trinajstić information content (AvgIpc) is 2.88. The minimum atomic E-state index is -0.995. The quantitative estimate of drug-likeness (QED) is 0.397. The first kappa shape index (κ1) is 24.1. The Labute approximate surface area is 207 Å². The number of hydrogen-bond acceptors (Lipinski definition) is 5. The summed E-state index contributed by atoms with van der Waals surface area (Å²) in [5.41, 5.74) is 1.58. The van der Waals surface area contributed by atoms with Gasteiger partial charge in [-0.3, -0.25) is 9.59 Å². The summed E-state index contributed by atoms with van der Waals surface area (Å²) in [6.07, 6.45) is -1.31. The van der Waals surface area contributed by atoms with Crippen molar-refractivity contribution in [3.63, 3.8) is 0 Å². The number of amides is 3. The topological polar surface area (TPSA) is 106 Å². The first-order valence-electron chi connectivity index (χ1n) is 11.0. The minimum Gasteiger partial charge on any atom is -0.468 e. The molecule has 4 rings (SSSR count). The van der Waals surface area contributed by atoms with Gasteiger partial charge in [-0.15, -0.1) is 0 Å². The van der Waals surface area contributed by atoms with Gasteiger partial charge in [0, 0.05) is 11.4 Å². The Hall–Kier alpha value is -4.04. The number of benzene rings is 3. The van der Waals surface area contributed by atoms with E-state index in [-0.39, 0.29) is 18.9 Å². The molecule has 3 atom stereocenters. The van der Waals surface area contributed by atoms with Crippen LogP contribution in [-0.4, -0.2) is 36.2 Å². The van der Waals surface area contributed by atoms with Crippen LogP contribution in [0.4, 0.5) is 4.79 Å². The highest BCUT2D eigenvalue weighted by molar-refractivity contribution is 6.30. The van der Waals surface area contributed by atoms with E-state index in [9.17, 15) is 14.4 Å². The van der Waals surface area contributed by atoms with Gasteiger partial charge >= 0.3 is 6.09 Å². The lowest BCUT2D eigenvalue weighted by Gasteiger charge is -2.37. The minimum absolute atomic E-state index is 0.0555. The predicted molar refractivity (Wildman–Crippen MR) is 130 cm³/mol. The molecule has 1 aliphatic heterocycles. The molecule has 0 bridgehead atoms. The second kappa shape index (κ2) is 11.4. The van der Waals surface area contributed by atoms with E-state index in [4.69, 9.17) is 21.1 Å². The Morgan fingerprint density at radius 1 is 0.914 bits per heavy atom. The molecule has 1 aliphatic rings. The van der Waals surface area contributed by atoms with Gasteiger partial charge in [0.15, 0.2) is 6.04 Å². The Morgan fingerprint density at radius 3 is 2.23 bits per heavy atom. The number of β-lactam (4-membered cyclic amide) rings is 1. The zero-order valence-corrected chi connectivity index (χ0v) is 19.4. The van der Waals surface area contributed by atoms with Crippen molar-refractivity contribution in [1.82, 2.24) is 16.0 Å². The number of hydrogen-bond donors (Lipinski definition) is 3. The van der Waals surface area contributed by atoms with Crippen molar-refractivity contribution in [2.45, 2.75) is 31.3 Å². The molecular formula is C26H24ClN3O5. The smallest absolute Gasteiger partial charge is 0.408 e. The van der Waals surface area contributed by atoms with Gasteiger partial charge in [-0.1, -0.05) is 72.3 Å². The van der Waals surface area contributed by atoms with E-state index >= 15 is 0 Å². The van der Waals surface area contributed by atoms with Gasteiger partial charge in [0.1, 0.15) is 18.4 Å². The summed E-state index contributed by atoms with van der Waals surface area (Å²) < 4.78 is 11.0. The van der Waals surface area contributed by atoms with E-state index in [1.54, 1.807) is 48.5 Å². The number of ether oxygens (including phenoxy) is 2. The summed E-state index contributed by atoms with van der Waals surface area (Å²) >= 11 is 5.96. The van der Waals surface area contributed by atoms with Crippen molar-refractivity contribution in [2.24, 2.45) is 0 Å². The van der Waals surface area contributed by atoms with Crippen LogP contribution < -0.4 is 20.7 Å². The van der Waals surface area contributed by atoms with Crippen LogP contribution in [0, 0.1) is 0 Å². The fourth-order valence-electron chi connectivity index (χ4n) is 3.47.